The van der Waals surface area contributed by atoms with Gasteiger partial charge in [0.05, 0.1) is 14.2 Å². The van der Waals surface area contributed by atoms with Gasteiger partial charge in [-0.05, 0) is 13.0 Å². The van der Waals surface area contributed by atoms with Crippen LogP contribution in [-0.4, -0.2) is 40.0 Å². The highest BCUT2D eigenvalue weighted by molar-refractivity contribution is 6.08. The second-order valence-corrected chi connectivity index (χ2v) is 3.30. The molecular formula is C11H16O5. The minimum absolute atomic E-state index is 0.103. The van der Waals surface area contributed by atoms with Gasteiger partial charge in [-0.3, -0.25) is 4.79 Å². The molecule has 0 atom stereocenters. The fourth-order valence-electron chi connectivity index (χ4n) is 1.66. The van der Waals surface area contributed by atoms with E-state index in [9.17, 15) is 4.79 Å². The molecule has 0 fully saturated rings. The van der Waals surface area contributed by atoms with Crippen molar-refractivity contribution in [2.24, 2.45) is 0 Å². The van der Waals surface area contributed by atoms with Crippen LogP contribution in [0.1, 0.15) is 6.92 Å². The van der Waals surface area contributed by atoms with Crippen molar-refractivity contribution in [1.29, 1.82) is 0 Å². The molecule has 0 aromatic rings. The van der Waals surface area contributed by atoms with Gasteiger partial charge in [-0.2, -0.15) is 0 Å². The lowest BCUT2D eigenvalue weighted by Gasteiger charge is -2.33. The third kappa shape index (κ3) is 1.72. The van der Waals surface area contributed by atoms with Gasteiger partial charge in [-0.15, -0.1) is 0 Å². The molecule has 0 saturated heterocycles. The van der Waals surface area contributed by atoms with E-state index in [1.54, 1.807) is 13.0 Å². The minimum Gasteiger partial charge on any atom is -0.492 e. The molecule has 1 aliphatic rings. The number of hydrogen-bond donors (Lipinski definition) is 0. The summed E-state index contributed by atoms with van der Waals surface area (Å²) >= 11 is 0. The fraction of sp³-hybridized carbons (Fsp3) is 0.545. The van der Waals surface area contributed by atoms with Gasteiger partial charge >= 0.3 is 0 Å². The topological polar surface area (TPSA) is 54.0 Å². The SMILES string of the molecule is COC1=C(OC)C(OC)(OC)C=C(C)C1=O. The second-order valence-electron chi connectivity index (χ2n) is 3.30. The van der Waals surface area contributed by atoms with E-state index in [4.69, 9.17) is 18.9 Å². The monoisotopic (exact) mass is 228 g/mol. The molecule has 0 amide bonds. The second kappa shape index (κ2) is 4.67. The van der Waals surface area contributed by atoms with Crippen molar-refractivity contribution in [2.75, 3.05) is 28.4 Å². The molecule has 0 bridgehead atoms. The van der Waals surface area contributed by atoms with Gasteiger partial charge in [-0.25, -0.2) is 0 Å². The van der Waals surface area contributed by atoms with Crippen LogP contribution in [0.25, 0.3) is 0 Å². The Morgan fingerprint density at radius 3 is 2.00 bits per heavy atom. The Hall–Kier alpha value is -1.33. The van der Waals surface area contributed by atoms with Gasteiger partial charge in [-0.1, -0.05) is 0 Å². The zero-order chi connectivity index (χ0) is 12.3. The lowest BCUT2D eigenvalue weighted by molar-refractivity contribution is -0.172. The number of hydrogen-bond acceptors (Lipinski definition) is 5. The zero-order valence-electron chi connectivity index (χ0n) is 10.1. The predicted octanol–water partition coefficient (Wildman–Crippen LogP) is 1.01. The average molecular weight is 228 g/mol. The summed E-state index contributed by atoms with van der Waals surface area (Å²) in [6.45, 7) is 1.67. The van der Waals surface area contributed by atoms with Crippen LogP contribution in [0.4, 0.5) is 0 Å². The Labute approximate surface area is 94.6 Å². The van der Waals surface area contributed by atoms with Crippen LogP contribution in [-0.2, 0) is 23.7 Å². The lowest BCUT2D eigenvalue weighted by atomic mass is 9.98. The summed E-state index contributed by atoms with van der Waals surface area (Å²) in [7, 11) is 5.77. The molecule has 0 saturated carbocycles. The standard InChI is InChI=1S/C11H16O5/c1-7-6-11(15-4,16-5)10(14-3)9(13-2)8(7)12/h6H,1-5H3. The van der Waals surface area contributed by atoms with Crippen LogP contribution in [0.5, 0.6) is 0 Å². The Bertz CT molecular complexity index is 349. The summed E-state index contributed by atoms with van der Waals surface area (Å²) in [5.41, 5.74) is 0.487. The number of methoxy groups -OCH3 is 4. The Morgan fingerprint density at radius 1 is 1.06 bits per heavy atom. The fourth-order valence-corrected chi connectivity index (χ4v) is 1.66. The summed E-state index contributed by atoms with van der Waals surface area (Å²) in [6.07, 6.45) is 1.57. The predicted molar refractivity (Wildman–Crippen MR) is 56.6 cm³/mol. The first-order chi connectivity index (χ1) is 7.56. The van der Waals surface area contributed by atoms with Gasteiger partial charge in [0.2, 0.25) is 17.3 Å². The first kappa shape index (κ1) is 12.7. The molecule has 90 valence electrons. The van der Waals surface area contributed by atoms with E-state index < -0.39 is 5.79 Å². The first-order valence-electron chi connectivity index (χ1n) is 4.73. The number of allylic oxidation sites excluding steroid dienone is 1. The maximum Gasteiger partial charge on any atom is 0.252 e. The number of Topliss-reactive ketones (excluding diaryl/α,β-unsaturated/α-hetero) is 1. The van der Waals surface area contributed by atoms with Crippen molar-refractivity contribution in [3.8, 4) is 0 Å². The summed E-state index contributed by atoms with van der Waals surface area (Å²) in [6, 6.07) is 0. The third-order valence-corrected chi connectivity index (χ3v) is 2.51. The van der Waals surface area contributed by atoms with Crippen molar-refractivity contribution in [3.63, 3.8) is 0 Å². The van der Waals surface area contributed by atoms with Crippen LogP contribution in [0.15, 0.2) is 23.2 Å². The number of ether oxygens (including phenoxy) is 4. The van der Waals surface area contributed by atoms with E-state index in [0.717, 1.165) is 0 Å². The van der Waals surface area contributed by atoms with Crippen LogP contribution in [0, 0.1) is 0 Å². The summed E-state index contributed by atoms with van der Waals surface area (Å²) in [5, 5.41) is 0. The first-order valence-corrected chi connectivity index (χ1v) is 4.73. The maximum atomic E-state index is 11.8. The molecule has 0 unspecified atom stereocenters. The molecular weight excluding hydrogens is 212 g/mol. The van der Waals surface area contributed by atoms with Gasteiger partial charge in [0.25, 0.3) is 5.79 Å². The molecule has 0 aromatic heterocycles. The van der Waals surface area contributed by atoms with Crippen molar-refractivity contribution < 1.29 is 23.7 Å². The number of carbonyl (C=O) groups is 1. The molecule has 0 aromatic carbocycles. The van der Waals surface area contributed by atoms with Crippen molar-refractivity contribution >= 4 is 5.78 Å². The van der Waals surface area contributed by atoms with Gasteiger partial charge < -0.3 is 18.9 Å². The van der Waals surface area contributed by atoms with Gasteiger partial charge in [0.15, 0.2) is 0 Å². The Morgan fingerprint density at radius 2 is 1.62 bits per heavy atom. The Balaban J connectivity index is 3.38. The molecule has 0 aliphatic heterocycles. The van der Waals surface area contributed by atoms with E-state index in [2.05, 4.69) is 0 Å². The Kier molecular flexibility index (Phi) is 3.72. The number of rotatable bonds is 4. The van der Waals surface area contributed by atoms with Crippen molar-refractivity contribution in [2.45, 2.75) is 12.7 Å². The maximum absolute atomic E-state index is 11.8. The van der Waals surface area contributed by atoms with Crippen LogP contribution < -0.4 is 0 Å². The lowest BCUT2D eigenvalue weighted by Crippen LogP contribution is -2.40. The molecule has 1 rings (SSSR count). The third-order valence-electron chi connectivity index (χ3n) is 2.51. The number of carbonyl (C=O) groups excluding carboxylic acids is 1. The van der Waals surface area contributed by atoms with Crippen LogP contribution >= 0.6 is 0 Å². The quantitative estimate of drug-likeness (QED) is 0.672. The smallest absolute Gasteiger partial charge is 0.252 e. The molecule has 16 heavy (non-hydrogen) atoms. The van der Waals surface area contributed by atoms with Gasteiger partial charge in [0.1, 0.15) is 0 Å². The molecule has 0 spiro atoms. The summed E-state index contributed by atoms with van der Waals surface area (Å²) in [4.78, 5) is 11.8. The van der Waals surface area contributed by atoms with Crippen LogP contribution in [0.2, 0.25) is 0 Å². The molecule has 5 nitrogen and oxygen atoms in total. The summed E-state index contributed by atoms with van der Waals surface area (Å²) < 4.78 is 20.7. The van der Waals surface area contributed by atoms with Crippen molar-refractivity contribution in [1.82, 2.24) is 0 Å². The normalized spacial score (nSPS) is 19.6. The zero-order valence-corrected chi connectivity index (χ0v) is 10.1. The largest absolute Gasteiger partial charge is 0.492 e. The highest BCUT2D eigenvalue weighted by Gasteiger charge is 2.43. The molecule has 0 heterocycles. The molecule has 1 aliphatic carbocycles. The van der Waals surface area contributed by atoms with E-state index in [1.165, 1.54) is 28.4 Å². The summed E-state index contributed by atoms with van der Waals surface area (Å²) in [5.74, 6) is -1.11. The van der Waals surface area contributed by atoms with E-state index in [0.29, 0.717) is 5.57 Å². The van der Waals surface area contributed by atoms with E-state index in [1.807, 2.05) is 0 Å². The highest BCUT2D eigenvalue weighted by atomic mass is 16.7. The number of ketones is 1. The van der Waals surface area contributed by atoms with E-state index >= 15 is 0 Å². The average Bonchev–Trinajstić information content (AvgIpc) is 2.31. The van der Waals surface area contributed by atoms with Crippen molar-refractivity contribution in [3.05, 3.63) is 23.2 Å². The molecule has 0 N–H and O–H groups in total. The molecule has 5 heteroatoms. The minimum atomic E-state index is -1.20. The van der Waals surface area contributed by atoms with Gasteiger partial charge in [0, 0.05) is 19.8 Å². The van der Waals surface area contributed by atoms with Crippen LogP contribution in [0.3, 0.4) is 0 Å². The molecule has 0 radical (unpaired) electrons. The van der Waals surface area contributed by atoms with E-state index in [-0.39, 0.29) is 17.3 Å². The highest BCUT2D eigenvalue weighted by Crippen LogP contribution is 2.34.